The molecule has 170 valence electrons. The van der Waals surface area contributed by atoms with Crippen molar-refractivity contribution in [1.29, 1.82) is 0 Å². The standard InChI is InChI=1S/C25H21BrClNO5/c1-15-24(17-5-8-20(27)9-6-17)33-25(31)28(15)14-18-13-19(26)7-10-22(18)32-21-4-2-3-16(11-21)12-23(29)30/h2-11,13,15,24H,12,14H2,1H3,(H,29,30)/t15-,24-/m1/s1. The second-order valence-electron chi connectivity index (χ2n) is 7.80. The lowest BCUT2D eigenvalue weighted by molar-refractivity contribution is -0.136. The summed E-state index contributed by atoms with van der Waals surface area (Å²) in [7, 11) is 0. The van der Waals surface area contributed by atoms with Gasteiger partial charge < -0.3 is 14.6 Å². The first kappa shape index (κ1) is 23.1. The van der Waals surface area contributed by atoms with Crippen molar-refractivity contribution in [3.63, 3.8) is 0 Å². The summed E-state index contributed by atoms with van der Waals surface area (Å²) in [5.41, 5.74) is 2.30. The fourth-order valence-electron chi connectivity index (χ4n) is 3.79. The van der Waals surface area contributed by atoms with E-state index in [4.69, 9.17) is 26.2 Å². The first-order valence-corrected chi connectivity index (χ1v) is 11.5. The Morgan fingerprint density at radius 3 is 2.64 bits per heavy atom. The van der Waals surface area contributed by atoms with Gasteiger partial charge >= 0.3 is 12.1 Å². The number of ether oxygens (including phenoxy) is 2. The number of carboxylic acids is 1. The number of carbonyl (C=O) groups is 2. The van der Waals surface area contributed by atoms with Crippen LogP contribution in [0.2, 0.25) is 5.02 Å². The van der Waals surface area contributed by atoms with Crippen LogP contribution in [0.15, 0.2) is 71.2 Å². The van der Waals surface area contributed by atoms with Gasteiger partial charge in [0.25, 0.3) is 0 Å². The predicted octanol–water partition coefficient (Wildman–Crippen LogP) is 6.60. The van der Waals surface area contributed by atoms with Crippen molar-refractivity contribution >= 4 is 39.6 Å². The van der Waals surface area contributed by atoms with Crippen molar-refractivity contribution in [2.45, 2.75) is 32.0 Å². The van der Waals surface area contributed by atoms with Crippen molar-refractivity contribution in [2.75, 3.05) is 0 Å². The third-order valence-corrected chi connectivity index (χ3v) is 6.18. The smallest absolute Gasteiger partial charge is 0.411 e. The van der Waals surface area contributed by atoms with Gasteiger partial charge in [-0.15, -0.1) is 0 Å². The Labute approximate surface area is 204 Å². The number of hydrogen-bond acceptors (Lipinski definition) is 4. The van der Waals surface area contributed by atoms with E-state index in [2.05, 4.69) is 15.9 Å². The molecule has 1 aliphatic heterocycles. The summed E-state index contributed by atoms with van der Waals surface area (Å²) in [4.78, 5) is 25.4. The maximum atomic E-state index is 12.7. The topological polar surface area (TPSA) is 76.1 Å². The molecule has 1 saturated heterocycles. The van der Waals surface area contributed by atoms with Crippen LogP contribution in [-0.4, -0.2) is 28.1 Å². The molecule has 2 atom stereocenters. The highest BCUT2D eigenvalue weighted by Crippen LogP contribution is 2.36. The first-order valence-electron chi connectivity index (χ1n) is 10.3. The average Bonchev–Trinajstić information content (AvgIpc) is 3.04. The Kier molecular flexibility index (Phi) is 6.91. The van der Waals surface area contributed by atoms with Gasteiger partial charge in [-0.2, -0.15) is 0 Å². The molecule has 8 heteroatoms. The molecule has 0 bridgehead atoms. The SMILES string of the molecule is C[C@@H]1[C@H](c2ccc(Cl)cc2)OC(=O)N1Cc1cc(Br)ccc1Oc1cccc(CC(=O)O)c1. The van der Waals surface area contributed by atoms with Gasteiger partial charge in [-0.25, -0.2) is 4.79 Å². The van der Waals surface area contributed by atoms with E-state index in [0.29, 0.717) is 22.1 Å². The van der Waals surface area contributed by atoms with E-state index in [1.807, 2.05) is 37.3 Å². The van der Waals surface area contributed by atoms with Gasteiger partial charge in [0.05, 0.1) is 19.0 Å². The lowest BCUT2D eigenvalue weighted by Crippen LogP contribution is -2.31. The zero-order valence-electron chi connectivity index (χ0n) is 17.7. The van der Waals surface area contributed by atoms with E-state index in [9.17, 15) is 9.59 Å². The molecule has 1 fully saturated rings. The lowest BCUT2D eigenvalue weighted by Gasteiger charge is -2.22. The molecule has 0 radical (unpaired) electrons. The molecule has 0 saturated carbocycles. The highest BCUT2D eigenvalue weighted by molar-refractivity contribution is 9.10. The van der Waals surface area contributed by atoms with Crippen LogP contribution in [0.1, 0.15) is 29.7 Å². The molecule has 1 amide bonds. The molecule has 1 heterocycles. The van der Waals surface area contributed by atoms with Crippen LogP contribution in [0.25, 0.3) is 0 Å². The number of nitrogens with zero attached hydrogens (tertiary/aromatic N) is 1. The molecule has 33 heavy (non-hydrogen) atoms. The van der Waals surface area contributed by atoms with Crippen LogP contribution in [0, 0.1) is 0 Å². The average molecular weight is 531 g/mol. The molecule has 0 aliphatic carbocycles. The van der Waals surface area contributed by atoms with Gasteiger partial charge in [-0.05, 0) is 60.5 Å². The maximum Gasteiger partial charge on any atom is 0.411 e. The van der Waals surface area contributed by atoms with Crippen molar-refractivity contribution in [3.8, 4) is 11.5 Å². The van der Waals surface area contributed by atoms with E-state index in [1.165, 1.54) is 0 Å². The highest BCUT2D eigenvalue weighted by atomic mass is 79.9. The summed E-state index contributed by atoms with van der Waals surface area (Å²) in [6.07, 6.45) is -0.899. The van der Waals surface area contributed by atoms with Gasteiger partial charge in [0, 0.05) is 15.1 Å². The number of benzene rings is 3. The van der Waals surface area contributed by atoms with Gasteiger partial charge in [0.15, 0.2) is 0 Å². The molecule has 1 aliphatic rings. The van der Waals surface area contributed by atoms with E-state index in [0.717, 1.165) is 15.6 Å². The highest BCUT2D eigenvalue weighted by Gasteiger charge is 2.40. The van der Waals surface area contributed by atoms with Gasteiger partial charge in [-0.1, -0.05) is 51.8 Å². The summed E-state index contributed by atoms with van der Waals surface area (Å²) < 4.78 is 12.6. The number of halogens is 2. The Bertz CT molecular complexity index is 1180. The quantitative estimate of drug-likeness (QED) is 0.372. The molecule has 0 spiro atoms. The summed E-state index contributed by atoms with van der Waals surface area (Å²) >= 11 is 9.47. The Morgan fingerprint density at radius 2 is 1.91 bits per heavy atom. The largest absolute Gasteiger partial charge is 0.481 e. The summed E-state index contributed by atoms with van der Waals surface area (Å²) in [6, 6.07) is 19.6. The molecule has 0 unspecified atom stereocenters. The van der Waals surface area contributed by atoms with Crippen molar-refractivity contribution in [3.05, 3.63) is 92.9 Å². The van der Waals surface area contributed by atoms with Crippen molar-refractivity contribution in [1.82, 2.24) is 4.90 Å². The summed E-state index contributed by atoms with van der Waals surface area (Å²) in [5.74, 6) is 0.183. The van der Waals surface area contributed by atoms with Crippen LogP contribution >= 0.6 is 27.5 Å². The molecule has 3 aromatic rings. The molecule has 3 aromatic carbocycles. The summed E-state index contributed by atoms with van der Waals surface area (Å²) in [5, 5.41) is 9.67. The van der Waals surface area contributed by atoms with Gasteiger partial charge in [0.2, 0.25) is 0 Å². The number of amides is 1. The zero-order chi connectivity index (χ0) is 23.5. The minimum absolute atomic E-state index is 0.0897. The molecule has 4 rings (SSSR count). The second-order valence-corrected chi connectivity index (χ2v) is 9.15. The van der Waals surface area contributed by atoms with Crippen LogP contribution in [0.4, 0.5) is 4.79 Å². The Hall–Kier alpha value is -3.03. The van der Waals surface area contributed by atoms with E-state index < -0.39 is 18.2 Å². The zero-order valence-corrected chi connectivity index (χ0v) is 20.0. The van der Waals surface area contributed by atoms with Crippen LogP contribution in [0.3, 0.4) is 0 Å². The van der Waals surface area contributed by atoms with E-state index in [-0.39, 0.29) is 19.0 Å². The number of carbonyl (C=O) groups excluding carboxylic acids is 1. The minimum Gasteiger partial charge on any atom is -0.481 e. The predicted molar refractivity (Wildman–Crippen MR) is 128 cm³/mol. The third-order valence-electron chi connectivity index (χ3n) is 5.44. The van der Waals surface area contributed by atoms with Gasteiger partial charge in [-0.3, -0.25) is 9.69 Å². The lowest BCUT2D eigenvalue weighted by atomic mass is 10.0. The van der Waals surface area contributed by atoms with Crippen LogP contribution < -0.4 is 4.74 Å². The Morgan fingerprint density at radius 1 is 1.15 bits per heavy atom. The minimum atomic E-state index is -0.909. The van der Waals surface area contributed by atoms with E-state index >= 15 is 0 Å². The maximum absolute atomic E-state index is 12.7. The van der Waals surface area contributed by atoms with Gasteiger partial charge in [0.1, 0.15) is 17.6 Å². The molecule has 1 N–H and O–H groups in total. The first-order chi connectivity index (χ1) is 15.8. The summed E-state index contributed by atoms with van der Waals surface area (Å²) in [6.45, 7) is 2.23. The molecular weight excluding hydrogens is 510 g/mol. The fraction of sp³-hybridized carbons (Fsp3) is 0.200. The number of cyclic esters (lactones) is 1. The van der Waals surface area contributed by atoms with Crippen LogP contribution in [0.5, 0.6) is 11.5 Å². The number of carboxylic acid groups (broad SMARTS) is 1. The monoisotopic (exact) mass is 529 g/mol. The second kappa shape index (κ2) is 9.85. The number of aliphatic carboxylic acids is 1. The number of rotatable bonds is 7. The number of hydrogen-bond donors (Lipinski definition) is 1. The van der Waals surface area contributed by atoms with Crippen molar-refractivity contribution in [2.24, 2.45) is 0 Å². The molecular formula is C25H21BrClNO5. The molecule has 6 nitrogen and oxygen atoms in total. The van der Waals surface area contributed by atoms with E-state index in [1.54, 1.807) is 41.3 Å². The normalized spacial score (nSPS) is 17.7. The third kappa shape index (κ3) is 5.49. The van der Waals surface area contributed by atoms with Crippen molar-refractivity contribution < 1.29 is 24.2 Å². The van der Waals surface area contributed by atoms with Crippen LogP contribution in [-0.2, 0) is 22.5 Å². The Balaban J connectivity index is 1.56. The fourth-order valence-corrected chi connectivity index (χ4v) is 4.32. The molecule has 0 aromatic heterocycles.